The summed E-state index contributed by atoms with van der Waals surface area (Å²) in [5, 5.41) is 5.57. The fraction of sp³-hybridized carbons (Fsp3) is 0.350. The van der Waals surface area contributed by atoms with Crippen LogP contribution >= 0.6 is 0 Å². The molecule has 0 aliphatic carbocycles. The van der Waals surface area contributed by atoms with Gasteiger partial charge in [0.1, 0.15) is 5.75 Å². The Balaban J connectivity index is 1.77. The standard InChI is InChI=1S/C20H23F3N2O2/c1-19(2,16-6-4-3-5-7-16)13-25-18(26)24-12-15-8-10-17(11-9-15)27-14-20(21,22)23/h3-11H,12-14H2,1-2H3,(H2,24,25,26). The summed E-state index contributed by atoms with van der Waals surface area (Å²) in [5.41, 5.74) is 1.67. The molecule has 2 aromatic rings. The zero-order valence-corrected chi connectivity index (χ0v) is 15.3. The summed E-state index contributed by atoms with van der Waals surface area (Å²) < 4.78 is 41.0. The number of amides is 2. The maximum absolute atomic E-state index is 12.1. The molecule has 0 heterocycles. The average Bonchev–Trinajstić information content (AvgIpc) is 2.64. The monoisotopic (exact) mass is 380 g/mol. The van der Waals surface area contributed by atoms with E-state index in [4.69, 9.17) is 0 Å². The Morgan fingerprint density at radius 3 is 2.19 bits per heavy atom. The molecule has 2 aromatic carbocycles. The van der Waals surface area contributed by atoms with Gasteiger partial charge >= 0.3 is 12.2 Å². The van der Waals surface area contributed by atoms with Crippen LogP contribution in [0.25, 0.3) is 0 Å². The lowest BCUT2D eigenvalue weighted by Gasteiger charge is -2.25. The molecular formula is C20H23F3N2O2. The van der Waals surface area contributed by atoms with Crippen molar-refractivity contribution in [3.63, 3.8) is 0 Å². The Morgan fingerprint density at radius 2 is 1.59 bits per heavy atom. The second-order valence-corrected chi connectivity index (χ2v) is 6.83. The quantitative estimate of drug-likeness (QED) is 0.748. The van der Waals surface area contributed by atoms with E-state index in [2.05, 4.69) is 15.4 Å². The van der Waals surface area contributed by atoms with Crippen LogP contribution in [0, 0.1) is 0 Å². The summed E-state index contributed by atoms with van der Waals surface area (Å²) in [6.45, 7) is 3.49. The topological polar surface area (TPSA) is 50.4 Å². The molecule has 0 saturated carbocycles. The lowest BCUT2D eigenvalue weighted by atomic mass is 9.85. The minimum Gasteiger partial charge on any atom is -0.484 e. The molecule has 0 saturated heterocycles. The fourth-order valence-electron chi connectivity index (χ4n) is 2.41. The maximum atomic E-state index is 12.1. The van der Waals surface area contributed by atoms with Crippen molar-refractivity contribution in [2.24, 2.45) is 0 Å². The molecule has 0 aliphatic heterocycles. The molecule has 0 bridgehead atoms. The second kappa shape index (κ2) is 8.79. The lowest BCUT2D eigenvalue weighted by Crippen LogP contribution is -2.42. The van der Waals surface area contributed by atoms with Crippen molar-refractivity contribution in [3.8, 4) is 5.75 Å². The summed E-state index contributed by atoms with van der Waals surface area (Å²) in [5.74, 6) is 0.130. The van der Waals surface area contributed by atoms with Crippen molar-refractivity contribution < 1.29 is 22.7 Å². The highest BCUT2D eigenvalue weighted by atomic mass is 19.4. The molecule has 7 heteroatoms. The highest BCUT2D eigenvalue weighted by Gasteiger charge is 2.28. The first-order valence-corrected chi connectivity index (χ1v) is 8.51. The predicted molar refractivity (Wildman–Crippen MR) is 97.7 cm³/mol. The van der Waals surface area contributed by atoms with Gasteiger partial charge in [-0.1, -0.05) is 56.3 Å². The van der Waals surface area contributed by atoms with Gasteiger partial charge in [0.2, 0.25) is 0 Å². The number of hydrogen-bond donors (Lipinski definition) is 2. The highest BCUT2D eigenvalue weighted by Crippen LogP contribution is 2.21. The smallest absolute Gasteiger partial charge is 0.422 e. The largest absolute Gasteiger partial charge is 0.484 e. The van der Waals surface area contributed by atoms with E-state index in [9.17, 15) is 18.0 Å². The van der Waals surface area contributed by atoms with Gasteiger partial charge in [0, 0.05) is 18.5 Å². The van der Waals surface area contributed by atoms with Crippen molar-refractivity contribution in [2.75, 3.05) is 13.2 Å². The van der Waals surface area contributed by atoms with E-state index in [0.717, 1.165) is 11.1 Å². The molecule has 0 unspecified atom stereocenters. The molecule has 2 amide bonds. The third-order valence-corrected chi connectivity index (χ3v) is 4.03. The minimum absolute atomic E-state index is 0.130. The van der Waals surface area contributed by atoms with Gasteiger partial charge < -0.3 is 15.4 Å². The van der Waals surface area contributed by atoms with Crippen LogP contribution in [0.1, 0.15) is 25.0 Å². The first-order valence-electron chi connectivity index (χ1n) is 8.51. The van der Waals surface area contributed by atoms with Gasteiger partial charge in [0.25, 0.3) is 0 Å². The molecule has 2 N–H and O–H groups in total. The molecule has 4 nitrogen and oxygen atoms in total. The molecule has 0 aromatic heterocycles. The molecule has 146 valence electrons. The Morgan fingerprint density at radius 1 is 0.963 bits per heavy atom. The van der Waals surface area contributed by atoms with Gasteiger partial charge in [0.05, 0.1) is 0 Å². The molecule has 27 heavy (non-hydrogen) atoms. The van der Waals surface area contributed by atoms with Gasteiger partial charge in [-0.25, -0.2) is 4.79 Å². The first-order chi connectivity index (χ1) is 12.7. The Hall–Kier alpha value is -2.70. The van der Waals surface area contributed by atoms with Gasteiger partial charge in [-0.2, -0.15) is 13.2 Å². The van der Waals surface area contributed by atoms with E-state index >= 15 is 0 Å². The van der Waals surface area contributed by atoms with Crippen LogP contribution in [0.15, 0.2) is 54.6 Å². The van der Waals surface area contributed by atoms with Crippen molar-refractivity contribution in [3.05, 3.63) is 65.7 Å². The summed E-state index contributed by atoms with van der Waals surface area (Å²) in [4.78, 5) is 12.0. The van der Waals surface area contributed by atoms with E-state index < -0.39 is 12.8 Å². The predicted octanol–water partition coefficient (Wildman–Crippen LogP) is 4.40. The Labute approximate surface area is 156 Å². The SMILES string of the molecule is CC(C)(CNC(=O)NCc1ccc(OCC(F)(F)F)cc1)c1ccccc1. The Bertz CT molecular complexity index is 729. The molecule has 0 atom stereocenters. The van der Waals surface area contributed by atoms with Crippen molar-refractivity contribution >= 4 is 6.03 Å². The third kappa shape index (κ3) is 7.21. The highest BCUT2D eigenvalue weighted by molar-refractivity contribution is 5.74. The van der Waals surface area contributed by atoms with Crippen LogP contribution in [0.2, 0.25) is 0 Å². The van der Waals surface area contributed by atoms with Crippen molar-refractivity contribution in [1.29, 1.82) is 0 Å². The van der Waals surface area contributed by atoms with Crippen LogP contribution in [-0.4, -0.2) is 25.4 Å². The van der Waals surface area contributed by atoms with Crippen LogP contribution in [0.4, 0.5) is 18.0 Å². The summed E-state index contributed by atoms with van der Waals surface area (Å²) >= 11 is 0. The zero-order chi connectivity index (χ0) is 19.9. The first kappa shape index (κ1) is 20.6. The van der Waals surface area contributed by atoms with Crippen molar-refractivity contribution in [1.82, 2.24) is 10.6 Å². The van der Waals surface area contributed by atoms with Gasteiger partial charge in [-0.3, -0.25) is 0 Å². The molecule has 2 rings (SSSR count). The van der Waals surface area contributed by atoms with E-state index in [1.165, 1.54) is 12.1 Å². The van der Waals surface area contributed by atoms with E-state index in [1.807, 2.05) is 44.2 Å². The number of rotatable bonds is 7. The number of carbonyl (C=O) groups excluding carboxylic acids is 1. The zero-order valence-electron chi connectivity index (χ0n) is 15.3. The molecule has 0 aliphatic rings. The average molecular weight is 380 g/mol. The molecule has 0 radical (unpaired) electrons. The van der Waals surface area contributed by atoms with Crippen LogP contribution in [0.5, 0.6) is 5.75 Å². The van der Waals surface area contributed by atoms with Crippen LogP contribution in [0.3, 0.4) is 0 Å². The number of alkyl halides is 3. The van der Waals surface area contributed by atoms with Gasteiger partial charge in [-0.05, 0) is 23.3 Å². The van der Waals surface area contributed by atoms with Gasteiger partial charge in [0.15, 0.2) is 6.61 Å². The number of carbonyl (C=O) groups is 1. The van der Waals surface area contributed by atoms with E-state index in [0.29, 0.717) is 6.54 Å². The normalized spacial score (nSPS) is 11.7. The van der Waals surface area contributed by atoms with E-state index in [1.54, 1.807) is 12.1 Å². The number of hydrogen-bond acceptors (Lipinski definition) is 2. The summed E-state index contributed by atoms with van der Waals surface area (Å²) in [6, 6.07) is 15.7. The molecular weight excluding hydrogens is 357 g/mol. The number of ether oxygens (including phenoxy) is 1. The van der Waals surface area contributed by atoms with Crippen LogP contribution < -0.4 is 15.4 Å². The number of urea groups is 1. The van der Waals surface area contributed by atoms with Gasteiger partial charge in [-0.15, -0.1) is 0 Å². The second-order valence-electron chi connectivity index (χ2n) is 6.83. The Kier molecular flexibility index (Phi) is 6.71. The van der Waals surface area contributed by atoms with Crippen LogP contribution in [-0.2, 0) is 12.0 Å². The van der Waals surface area contributed by atoms with Crippen molar-refractivity contribution in [2.45, 2.75) is 32.0 Å². The molecule has 0 fully saturated rings. The summed E-state index contributed by atoms with van der Waals surface area (Å²) in [6.07, 6.45) is -4.37. The minimum atomic E-state index is -4.37. The summed E-state index contributed by atoms with van der Waals surface area (Å²) in [7, 11) is 0. The number of nitrogens with one attached hydrogen (secondary N) is 2. The number of benzene rings is 2. The van der Waals surface area contributed by atoms with E-state index in [-0.39, 0.29) is 23.7 Å². The number of halogens is 3. The maximum Gasteiger partial charge on any atom is 0.422 e. The fourth-order valence-corrected chi connectivity index (χ4v) is 2.41. The molecule has 0 spiro atoms. The third-order valence-electron chi connectivity index (χ3n) is 4.03. The lowest BCUT2D eigenvalue weighted by molar-refractivity contribution is -0.153.